The highest BCUT2D eigenvalue weighted by Crippen LogP contribution is 2.14. The van der Waals surface area contributed by atoms with Crippen LogP contribution in [0.25, 0.3) is 0 Å². The van der Waals surface area contributed by atoms with Gasteiger partial charge in [-0.2, -0.15) is 0 Å². The lowest BCUT2D eigenvalue weighted by Gasteiger charge is -2.11. The van der Waals surface area contributed by atoms with Crippen LogP contribution in [0.4, 0.5) is 0 Å². The highest BCUT2D eigenvalue weighted by atomic mass is 35.5. The van der Waals surface area contributed by atoms with E-state index in [1.54, 1.807) is 14.1 Å². The number of hydrogen-bond donors (Lipinski definition) is 0. The van der Waals surface area contributed by atoms with Crippen molar-refractivity contribution in [1.29, 1.82) is 0 Å². The highest BCUT2D eigenvalue weighted by molar-refractivity contribution is 6.30. The van der Waals surface area contributed by atoms with Crippen LogP contribution in [-0.4, -0.2) is 41.6 Å². The van der Waals surface area contributed by atoms with Gasteiger partial charge in [-0.3, -0.25) is 14.2 Å². The maximum Gasteiger partial charge on any atom is 0.297 e. The van der Waals surface area contributed by atoms with Crippen molar-refractivity contribution in [3.63, 3.8) is 0 Å². The molecule has 1 heterocycles. The third-order valence-electron chi connectivity index (χ3n) is 2.22. The van der Waals surface area contributed by atoms with Crippen molar-refractivity contribution in [2.45, 2.75) is 13.0 Å². The van der Waals surface area contributed by atoms with Crippen LogP contribution in [0.1, 0.15) is 6.42 Å². The van der Waals surface area contributed by atoms with Crippen molar-refractivity contribution < 1.29 is 9.53 Å². The lowest BCUT2D eigenvalue weighted by molar-refractivity contribution is -0.128. The third-order valence-corrected chi connectivity index (χ3v) is 2.49. The summed E-state index contributed by atoms with van der Waals surface area (Å²) in [5.74, 6) is -0.0720. The Labute approximate surface area is 104 Å². The van der Waals surface area contributed by atoms with Crippen LogP contribution >= 0.6 is 11.6 Å². The Bertz CT molecular complexity index is 470. The fourth-order valence-electron chi connectivity index (χ4n) is 1.22. The number of nitrogens with zero attached hydrogens (tertiary/aromatic N) is 3. The van der Waals surface area contributed by atoms with Crippen LogP contribution in [0.3, 0.4) is 0 Å². The number of aryl methyl sites for hydroxylation is 1. The zero-order chi connectivity index (χ0) is 13.0. The van der Waals surface area contributed by atoms with Gasteiger partial charge in [-0.25, -0.2) is 4.98 Å². The summed E-state index contributed by atoms with van der Waals surface area (Å²) in [6.45, 7) is 0.246. The standard InChI is InChI=1S/C10H14ClN3O3/c1-13(2)7(15)4-5-14-6-12-9(11)8(17-3)10(14)16/h6H,4-5H2,1-3H3. The van der Waals surface area contributed by atoms with E-state index in [-0.39, 0.29) is 35.3 Å². The summed E-state index contributed by atoms with van der Waals surface area (Å²) >= 11 is 5.69. The summed E-state index contributed by atoms with van der Waals surface area (Å²) in [6.07, 6.45) is 1.52. The van der Waals surface area contributed by atoms with Crippen molar-refractivity contribution in [2.24, 2.45) is 0 Å². The number of amides is 1. The first kappa shape index (κ1) is 13.5. The maximum atomic E-state index is 11.8. The number of carbonyl (C=O) groups is 1. The van der Waals surface area contributed by atoms with Crippen LogP contribution < -0.4 is 10.3 Å². The van der Waals surface area contributed by atoms with E-state index in [2.05, 4.69) is 4.98 Å². The van der Waals surface area contributed by atoms with Gasteiger partial charge in [0, 0.05) is 27.1 Å². The molecule has 6 nitrogen and oxygen atoms in total. The number of hydrogen-bond acceptors (Lipinski definition) is 4. The van der Waals surface area contributed by atoms with Crippen molar-refractivity contribution in [3.8, 4) is 5.75 Å². The summed E-state index contributed by atoms with van der Waals surface area (Å²) in [5.41, 5.74) is -0.390. The number of halogens is 1. The molecule has 0 atom stereocenters. The Balaban J connectivity index is 2.87. The fraction of sp³-hybridized carbons (Fsp3) is 0.500. The Morgan fingerprint density at radius 1 is 1.59 bits per heavy atom. The quantitative estimate of drug-likeness (QED) is 0.734. The van der Waals surface area contributed by atoms with E-state index < -0.39 is 0 Å². The zero-order valence-corrected chi connectivity index (χ0v) is 10.7. The van der Waals surface area contributed by atoms with E-state index in [9.17, 15) is 9.59 Å². The third kappa shape index (κ3) is 3.20. The van der Waals surface area contributed by atoms with Gasteiger partial charge in [-0.1, -0.05) is 11.6 Å². The minimum absolute atomic E-state index is 0.00790. The van der Waals surface area contributed by atoms with Gasteiger partial charge < -0.3 is 9.64 Å². The second kappa shape index (κ2) is 5.67. The fourth-order valence-corrected chi connectivity index (χ4v) is 1.42. The van der Waals surface area contributed by atoms with Crippen molar-refractivity contribution in [1.82, 2.24) is 14.5 Å². The molecule has 0 aliphatic heterocycles. The predicted molar refractivity (Wildman–Crippen MR) is 63.4 cm³/mol. The molecule has 1 aromatic heterocycles. The average Bonchev–Trinajstić information content (AvgIpc) is 2.28. The van der Waals surface area contributed by atoms with Crippen LogP contribution in [0, 0.1) is 0 Å². The summed E-state index contributed by atoms with van der Waals surface area (Å²) < 4.78 is 6.15. The van der Waals surface area contributed by atoms with Crippen LogP contribution in [-0.2, 0) is 11.3 Å². The summed E-state index contributed by atoms with van der Waals surface area (Å²) in [5, 5.41) is 0.0210. The normalized spacial score (nSPS) is 10.1. The van der Waals surface area contributed by atoms with Crippen molar-refractivity contribution >= 4 is 17.5 Å². The number of ether oxygens (including phenoxy) is 1. The van der Waals surface area contributed by atoms with Gasteiger partial charge in [-0.05, 0) is 0 Å². The molecule has 0 fully saturated rings. The Hall–Kier alpha value is -1.56. The SMILES string of the molecule is COc1c(Cl)ncn(CCC(=O)N(C)C)c1=O. The largest absolute Gasteiger partial charge is 0.489 e. The molecule has 0 aromatic carbocycles. The molecular formula is C10H14ClN3O3. The van der Waals surface area contributed by atoms with Gasteiger partial charge in [0.1, 0.15) is 0 Å². The molecule has 0 saturated carbocycles. The molecule has 0 aliphatic carbocycles. The van der Waals surface area contributed by atoms with Gasteiger partial charge in [0.05, 0.1) is 13.4 Å². The van der Waals surface area contributed by atoms with E-state index in [1.807, 2.05) is 0 Å². The Morgan fingerprint density at radius 2 is 2.24 bits per heavy atom. The average molecular weight is 260 g/mol. The number of methoxy groups -OCH3 is 1. The predicted octanol–water partition coefficient (Wildman–Crippen LogP) is 0.384. The molecular weight excluding hydrogens is 246 g/mol. The highest BCUT2D eigenvalue weighted by Gasteiger charge is 2.11. The first-order valence-corrected chi connectivity index (χ1v) is 5.34. The van der Waals surface area contributed by atoms with Crippen LogP contribution in [0.15, 0.2) is 11.1 Å². The molecule has 0 aliphatic rings. The van der Waals surface area contributed by atoms with E-state index in [0.717, 1.165) is 0 Å². The molecule has 0 saturated heterocycles. The van der Waals surface area contributed by atoms with Crippen LogP contribution in [0.5, 0.6) is 5.75 Å². The second-order valence-corrected chi connectivity index (χ2v) is 3.96. The molecule has 1 aromatic rings. The van der Waals surface area contributed by atoms with Gasteiger partial charge in [0.15, 0.2) is 5.15 Å². The van der Waals surface area contributed by atoms with Gasteiger partial charge in [0.2, 0.25) is 11.7 Å². The number of aromatic nitrogens is 2. The molecule has 17 heavy (non-hydrogen) atoms. The Kier molecular flexibility index (Phi) is 4.51. The molecule has 1 rings (SSSR count). The second-order valence-electron chi connectivity index (χ2n) is 3.61. The number of carbonyl (C=O) groups excluding carboxylic acids is 1. The van der Waals surface area contributed by atoms with E-state index in [1.165, 1.54) is 22.9 Å². The molecule has 0 N–H and O–H groups in total. The van der Waals surface area contributed by atoms with E-state index in [4.69, 9.17) is 16.3 Å². The monoisotopic (exact) mass is 259 g/mol. The van der Waals surface area contributed by atoms with Crippen molar-refractivity contribution in [3.05, 3.63) is 21.8 Å². The lowest BCUT2D eigenvalue weighted by Crippen LogP contribution is -2.27. The van der Waals surface area contributed by atoms with Gasteiger partial charge in [0.25, 0.3) is 5.56 Å². The topological polar surface area (TPSA) is 64.4 Å². The molecule has 0 spiro atoms. The first-order chi connectivity index (χ1) is 7.97. The van der Waals surface area contributed by atoms with E-state index >= 15 is 0 Å². The van der Waals surface area contributed by atoms with Crippen molar-refractivity contribution in [2.75, 3.05) is 21.2 Å². The van der Waals surface area contributed by atoms with E-state index in [0.29, 0.717) is 0 Å². The molecule has 94 valence electrons. The zero-order valence-electron chi connectivity index (χ0n) is 9.94. The Morgan fingerprint density at radius 3 is 2.76 bits per heavy atom. The van der Waals surface area contributed by atoms with Gasteiger partial charge >= 0.3 is 0 Å². The molecule has 0 radical (unpaired) electrons. The molecule has 0 bridgehead atoms. The first-order valence-electron chi connectivity index (χ1n) is 4.96. The maximum absolute atomic E-state index is 11.8. The van der Waals surface area contributed by atoms with Gasteiger partial charge in [-0.15, -0.1) is 0 Å². The minimum Gasteiger partial charge on any atom is -0.489 e. The lowest BCUT2D eigenvalue weighted by atomic mass is 10.3. The summed E-state index contributed by atoms with van der Waals surface area (Å²) in [4.78, 5) is 28.4. The summed E-state index contributed by atoms with van der Waals surface area (Å²) in [7, 11) is 4.66. The molecule has 1 amide bonds. The number of rotatable bonds is 4. The smallest absolute Gasteiger partial charge is 0.297 e. The molecule has 7 heteroatoms. The summed E-state index contributed by atoms with van der Waals surface area (Å²) in [6, 6.07) is 0. The molecule has 0 unspecified atom stereocenters. The van der Waals surface area contributed by atoms with Crippen LogP contribution in [0.2, 0.25) is 5.15 Å². The minimum atomic E-state index is -0.390.